The van der Waals surface area contributed by atoms with Gasteiger partial charge in [0.25, 0.3) is 0 Å². The smallest absolute Gasteiger partial charge is 0.339 e. The normalized spacial score (nSPS) is 9.73. The van der Waals surface area contributed by atoms with Crippen LogP contribution in [0, 0.1) is 0 Å². The predicted octanol–water partition coefficient (Wildman–Crippen LogP) is 2.18. The molecule has 1 rings (SSSR count). The maximum atomic E-state index is 10.9. The van der Waals surface area contributed by atoms with Crippen LogP contribution in [0.25, 0.3) is 0 Å². The van der Waals surface area contributed by atoms with Crippen molar-refractivity contribution in [3.05, 3.63) is 23.8 Å². The number of hydrogen-bond acceptors (Lipinski definition) is 3. The number of carboxylic acids is 1. The molecule has 0 aromatic heterocycles. The van der Waals surface area contributed by atoms with Gasteiger partial charge >= 0.3 is 5.97 Å². The molecular formula is C11H14O4. The first-order chi connectivity index (χ1) is 7.20. The highest BCUT2D eigenvalue weighted by atomic mass is 16.5. The van der Waals surface area contributed by atoms with Gasteiger partial charge in [0.05, 0.1) is 13.2 Å². The lowest BCUT2D eigenvalue weighted by molar-refractivity contribution is 0.0691. The summed E-state index contributed by atoms with van der Waals surface area (Å²) >= 11 is 0. The number of aromatic carboxylic acids is 1. The molecule has 15 heavy (non-hydrogen) atoms. The van der Waals surface area contributed by atoms with Crippen LogP contribution in [0.3, 0.4) is 0 Å². The SMILES string of the molecule is CCOc1cccc(C(=O)O)c1OCC. The van der Waals surface area contributed by atoms with Gasteiger partial charge in [-0.15, -0.1) is 0 Å². The van der Waals surface area contributed by atoms with Crippen molar-refractivity contribution in [2.24, 2.45) is 0 Å². The first-order valence-corrected chi connectivity index (χ1v) is 4.82. The molecule has 82 valence electrons. The van der Waals surface area contributed by atoms with Gasteiger partial charge in [-0.3, -0.25) is 0 Å². The Morgan fingerprint density at radius 2 is 1.93 bits per heavy atom. The van der Waals surface area contributed by atoms with Gasteiger partial charge in [0.15, 0.2) is 11.5 Å². The molecule has 4 nitrogen and oxygen atoms in total. The molecule has 0 amide bonds. The average Bonchev–Trinajstić information content (AvgIpc) is 2.21. The second-order valence-electron chi connectivity index (χ2n) is 2.80. The second-order valence-corrected chi connectivity index (χ2v) is 2.80. The first-order valence-electron chi connectivity index (χ1n) is 4.82. The third-order valence-corrected chi connectivity index (χ3v) is 1.80. The van der Waals surface area contributed by atoms with Crippen LogP contribution in [0.15, 0.2) is 18.2 Å². The van der Waals surface area contributed by atoms with Crippen molar-refractivity contribution in [3.63, 3.8) is 0 Å². The molecule has 0 aliphatic rings. The van der Waals surface area contributed by atoms with E-state index in [9.17, 15) is 4.79 Å². The summed E-state index contributed by atoms with van der Waals surface area (Å²) in [5.41, 5.74) is 0.128. The van der Waals surface area contributed by atoms with E-state index in [4.69, 9.17) is 14.6 Å². The maximum absolute atomic E-state index is 10.9. The third-order valence-electron chi connectivity index (χ3n) is 1.80. The van der Waals surface area contributed by atoms with Crippen molar-refractivity contribution >= 4 is 5.97 Å². The molecule has 0 spiro atoms. The van der Waals surface area contributed by atoms with Crippen LogP contribution in [0.4, 0.5) is 0 Å². The van der Waals surface area contributed by atoms with Gasteiger partial charge in [-0.05, 0) is 26.0 Å². The van der Waals surface area contributed by atoms with E-state index in [1.807, 2.05) is 6.92 Å². The summed E-state index contributed by atoms with van der Waals surface area (Å²) in [5, 5.41) is 8.95. The summed E-state index contributed by atoms with van der Waals surface area (Å²) in [7, 11) is 0. The lowest BCUT2D eigenvalue weighted by Crippen LogP contribution is -2.05. The van der Waals surface area contributed by atoms with Crippen molar-refractivity contribution in [1.82, 2.24) is 0 Å². The highest BCUT2D eigenvalue weighted by Crippen LogP contribution is 2.31. The van der Waals surface area contributed by atoms with Crippen molar-refractivity contribution in [2.45, 2.75) is 13.8 Å². The van der Waals surface area contributed by atoms with Gasteiger partial charge in [-0.25, -0.2) is 4.79 Å². The zero-order valence-electron chi connectivity index (χ0n) is 8.82. The van der Waals surface area contributed by atoms with E-state index < -0.39 is 5.97 Å². The zero-order chi connectivity index (χ0) is 11.3. The molecule has 0 radical (unpaired) electrons. The minimum atomic E-state index is -1.01. The van der Waals surface area contributed by atoms with Crippen molar-refractivity contribution in [1.29, 1.82) is 0 Å². The Morgan fingerprint density at radius 3 is 2.47 bits per heavy atom. The van der Waals surface area contributed by atoms with Gasteiger partial charge in [0.2, 0.25) is 0 Å². The Morgan fingerprint density at radius 1 is 1.27 bits per heavy atom. The predicted molar refractivity (Wildman–Crippen MR) is 55.7 cm³/mol. The minimum Gasteiger partial charge on any atom is -0.490 e. The van der Waals surface area contributed by atoms with Crippen LogP contribution in [0.1, 0.15) is 24.2 Å². The molecule has 0 unspecified atom stereocenters. The molecule has 0 aliphatic heterocycles. The number of carbonyl (C=O) groups is 1. The molecule has 0 aliphatic carbocycles. The topological polar surface area (TPSA) is 55.8 Å². The van der Waals surface area contributed by atoms with Gasteiger partial charge in [-0.2, -0.15) is 0 Å². The lowest BCUT2D eigenvalue weighted by atomic mass is 10.2. The van der Waals surface area contributed by atoms with Gasteiger partial charge in [-0.1, -0.05) is 6.07 Å². The molecule has 0 fully saturated rings. The standard InChI is InChI=1S/C11H14O4/c1-3-14-9-7-5-6-8(11(12)13)10(9)15-4-2/h5-7H,3-4H2,1-2H3,(H,12,13). The molecule has 1 N–H and O–H groups in total. The van der Waals surface area contributed by atoms with E-state index in [0.717, 1.165) is 0 Å². The zero-order valence-corrected chi connectivity index (χ0v) is 8.82. The Hall–Kier alpha value is -1.71. The molecule has 1 aromatic rings. The van der Waals surface area contributed by atoms with E-state index in [1.54, 1.807) is 19.1 Å². The summed E-state index contributed by atoms with van der Waals surface area (Å²) < 4.78 is 10.6. The summed E-state index contributed by atoms with van der Waals surface area (Å²) in [6.45, 7) is 4.52. The molecule has 0 atom stereocenters. The van der Waals surface area contributed by atoms with Gasteiger partial charge in [0.1, 0.15) is 5.56 Å². The van der Waals surface area contributed by atoms with Crippen LogP contribution in [0.2, 0.25) is 0 Å². The molecule has 0 saturated heterocycles. The molecule has 1 aromatic carbocycles. The summed E-state index contributed by atoms with van der Waals surface area (Å²) in [6, 6.07) is 4.83. The maximum Gasteiger partial charge on any atom is 0.339 e. The summed E-state index contributed by atoms with van der Waals surface area (Å²) in [5.74, 6) is -0.242. The largest absolute Gasteiger partial charge is 0.490 e. The van der Waals surface area contributed by atoms with E-state index in [2.05, 4.69) is 0 Å². The number of rotatable bonds is 5. The fraction of sp³-hybridized carbons (Fsp3) is 0.364. The Balaban J connectivity index is 3.15. The average molecular weight is 210 g/mol. The number of benzene rings is 1. The Kier molecular flexibility index (Phi) is 3.97. The van der Waals surface area contributed by atoms with Crippen LogP contribution in [-0.2, 0) is 0 Å². The third kappa shape index (κ3) is 2.62. The fourth-order valence-electron chi connectivity index (χ4n) is 1.25. The van der Waals surface area contributed by atoms with E-state index >= 15 is 0 Å². The number of hydrogen-bond donors (Lipinski definition) is 1. The van der Waals surface area contributed by atoms with Gasteiger partial charge in [0, 0.05) is 0 Å². The number of para-hydroxylation sites is 1. The quantitative estimate of drug-likeness (QED) is 0.809. The van der Waals surface area contributed by atoms with Crippen molar-refractivity contribution in [3.8, 4) is 11.5 Å². The molecule has 4 heteroatoms. The second kappa shape index (κ2) is 5.24. The first kappa shape index (κ1) is 11.4. The van der Waals surface area contributed by atoms with Crippen molar-refractivity contribution in [2.75, 3.05) is 13.2 Å². The fourth-order valence-corrected chi connectivity index (χ4v) is 1.25. The highest BCUT2D eigenvalue weighted by molar-refractivity contribution is 5.92. The Bertz CT molecular complexity index is 346. The van der Waals surface area contributed by atoms with E-state index in [1.165, 1.54) is 6.07 Å². The number of ether oxygens (including phenoxy) is 2. The van der Waals surface area contributed by atoms with Crippen LogP contribution in [-0.4, -0.2) is 24.3 Å². The van der Waals surface area contributed by atoms with Crippen LogP contribution >= 0.6 is 0 Å². The summed E-state index contributed by atoms with van der Waals surface area (Å²) in [4.78, 5) is 10.9. The Labute approximate surface area is 88.4 Å². The van der Waals surface area contributed by atoms with E-state index in [-0.39, 0.29) is 5.56 Å². The minimum absolute atomic E-state index is 0.128. The van der Waals surface area contributed by atoms with Crippen LogP contribution in [0.5, 0.6) is 11.5 Å². The molecule has 0 heterocycles. The molecular weight excluding hydrogens is 196 g/mol. The highest BCUT2D eigenvalue weighted by Gasteiger charge is 2.15. The molecule has 0 bridgehead atoms. The van der Waals surface area contributed by atoms with Crippen LogP contribution < -0.4 is 9.47 Å². The van der Waals surface area contributed by atoms with E-state index in [0.29, 0.717) is 24.7 Å². The van der Waals surface area contributed by atoms with Gasteiger partial charge < -0.3 is 14.6 Å². The molecule has 0 saturated carbocycles. The monoisotopic (exact) mass is 210 g/mol. The summed E-state index contributed by atoms with van der Waals surface area (Å²) in [6.07, 6.45) is 0. The lowest BCUT2D eigenvalue weighted by Gasteiger charge is -2.12. The van der Waals surface area contributed by atoms with Crippen molar-refractivity contribution < 1.29 is 19.4 Å². The number of carboxylic acid groups (broad SMARTS) is 1.